The zero-order valence-electron chi connectivity index (χ0n) is 17.7. The third-order valence-corrected chi connectivity index (χ3v) is 6.92. The first-order valence-corrected chi connectivity index (χ1v) is 11.5. The van der Waals surface area contributed by atoms with Crippen molar-refractivity contribution in [1.82, 2.24) is 14.9 Å². The number of nitrogens with one attached hydrogen (secondary N) is 1. The Balaban J connectivity index is 1.62. The van der Waals surface area contributed by atoms with E-state index in [0.717, 1.165) is 11.4 Å². The summed E-state index contributed by atoms with van der Waals surface area (Å²) in [6, 6.07) is 15.9. The average molecular weight is 435 g/mol. The molecule has 0 amide bonds. The predicted molar refractivity (Wildman–Crippen MR) is 126 cm³/mol. The van der Waals surface area contributed by atoms with Crippen LogP contribution in [-0.2, 0) is 0 Å². The van der Waals surface area contributed by atoms with Gasteiger partial charge in [0.25, 0.3) is 0 Å². The molecule has 1 aliphatic heterocycles. The van der Waals surface area contributed by atoms with Crippen LogP contribution in [0.1, 0.15) is 67.2 Å². The van der Waals surface area contributed by atoms with Crippen LogP contribution in [0.4, 0.5) is 10.1 Å². The van der Waals surface area contributed by atoms with E-state index in [4.69, 9.17) is 12.2 Å². The lowest BCUT2D eigenvalue weighted by molar-refractivity contribution is 0.340. The number of aromatic nitrogens is 2. The number of pyridine rings is 1. The summed E-state index contributed by atoms with van der Waals surface area (Å²) in [6.07, 6.45) is 10.3. The van der Waals surface area contributed by atoms with Crippen molar-refractivity contribution >= 4 is 23.0 Å². The van der Waals surface area contributed by atoms with Crippen molar-refractivity contribution in [1.29, 1.82) is 0 Å². The monoisotopic (exact) mass is 434 g/mol. The van der Waals surface area contributed by atoms with Gasteiger partial charge in [0, 0.05) is 29.8 Å². The molecule has 2 atom stereocenters. The predicted octanol–water partition coefficient (Wildman–Crippen LogP) is 6.01. The molecule has 6 heteroatoms. The molecule has 0 radical (unpaired) electrons. The molecular weight excluding hydrogens is 407 g/mol. The van der Waals surface area contributed by atoms with Gasteiger partial charge in [0.2, 0.25) is 0 Å². The van der Waals surface area contributed by atoms with Crippen LogP contribution in [0, 0.1) is 12.7 Å². The van der Waals surface area contributed by atoms with Crippen molar-refractivity contribution in [2.75, 3.05) is 4.90 Å². The summed E-state index contributed by atoms with van der Waals surface area (Å²) in [5.74, 6) is -0.203. The second kappa shape index (κ2) is 8.42. The number of hydrogen-bond acceptors (Lipinski definition) is 2. The van der Waals surface area contributed by atoms with E-state index < -0.39 is 0 Å². The molecule has 0 bridgehead atoms. The summed E-state index contributed by atoms with van der Waals surface area (Å²) in [7, 11) is 0. The van der Waals surface area contributed by atoms with E-state index in [9.17, 15) is 4.39 Å². The minimum absolute atomic E-state index is 0.0656. The third kappa shape index (κ3) is 3.74. The number of halogens is 1. The van der Waals surface area contributed by atoms with Crippen LogP contribution in [0.15, 0.2) is 60.9 Å². The molecule has 3 heterocycles. The van der Waals surface area contributed by atoms with Crippen molar-refractivity contribution in [2.45, 2.75) is 57.2 Å². The zero-order valence-corrected chi connectivity index (χ0v) is 18.5. The van der Waals surface area contributed by atoms with Gasteiger partial charge < -0.3 is 14.8 Å². The van der Waals surface area contributed by atoms with Crippen molar-refractivity contribution in [3.63, 3.8) is 0 Å². The van der Waals surface area contributed by atoms with Crippen LogP contribution in [0.3, 0.4) is 0 Å². The van der Waals surface area contributed by atoms with Crippen LogP contribution >= 0.6 is 12.2 Å². The Morgan fingerprint density at radius 3 is 2.65 bits per heavy atom. The lowest BCUT2D eigenvalue weighted by Gasteiger charge is -2.32. The summed E-state index contributed by atoms with van der Waals surface area (Å²) in [5, 5.41) is 4.15. The molecule has 3 aromatic rings. The number of thiocarbonyl (C=S) groups is 1. The first kappa shape index (κ1) is 20.2. The Morgan fingerprint density at radius 2 is 1.90 bits per heavy atom. The van der Waals surface area contributed by atoms with Gasteiger partial charge in [-0.25, -0.2) is 4.39 Å². The molecule has 31 heavy (non-hydrogen) atoms. The largest absolute Gasteiger partial charge is 0.351 e. The Morgan fingerprint density at radius 1 is 1.06 bits per heavy atom. The van der Waals surface area contributed by atoms with Gasteiger partial charge in [-0.1, -0.05) is 25.3 Å². The van der Waals surface area contributed by atoms with Crippen LogP contribution in [0.2, 0.25) is 0 Å². The number of nitrogens with zero attached hydrogens (tertiary/aromatic N) is 3. The van der Waals surface area contributed by atoms with E-state index in [1.165, 1.54) is 43.9 Å². The summed E-state index contributed by atoms with van der Waals surface area (Å²) in [5.41, 5.74) is 3.68. The van der Waals surface area contributed by atoms with Crippen LogP contribution < -0.4 is 10.2 Å². The van der Waals surface area contributed by atoms with Crippen LogP contribution in [0.5, 0.6) is 0 Å². The highest BCUT2D eigenvalue weighted by Gasteiger charge is 2.42. The van der Waals surface area contributed by atoms with Gasteiger partial charge in [-0.2, -0.15) is 0 Å². The minimum atomic E-state index is -0.203. The normalized spacial score (nSPS) is 22.0. The van der Waals surface area contributed by atoms with Crippen molar-refractivity contribution in [3.05, 3.63) is 83.7 Å². The summed E-state index contributed by atoms with van der Waals surface area (Å²) in [6.45, 7) is 1.79. The van der Waals surface area contributed by atoms with E-state index in [2.05, 4.69) is 38.1 Å². The van der Waals surface area contributed by atoms with E-state index in [0.29, 0.717) is 16.7 Å². The summed E-state index contributed by atoms with van der Waals surface area (Å²) < 4.78 is 16.5. The molecule has 0 spiro atoms. The third-order valence-electron chi connectivity index (χ3n) is 6.60. The van der Waals surface area contributed by atoms with Crippen LogP contribution in [-0.4, -0.2) is 14.7 Å². The SMILES string of the molecule is Cc1cc(N2C(=S)N[C@H](c3ccccn3)[C@H]2c2cccn2C2CCCCC2)ccc1F. The fraction of sp³-hybridized carbons (Fsp3) is 0.360. The van der Waals surface area contributed by atoms with Gasteiger partial charge >= 0.3 is 0 Å². The molecule has 1 saturated heterocycles. The highest BCUT2D eigenvalue weighted by atomic mass is 32.1. The van der Waals surface area contributed by atoms with E-state index in [1.807, 2.05) is 36.5 Å². The first-order valence-electron chi connectivity index (χ1n) is 11.1. The van der Waals surface area contributed by atoms with E-state index in [1.54, 1.807) is 6.92 Å². The van der Waals surface area contributed by atoms with E-state index >= 15 is 0 Å². The second-order valence-corrected chi connectivity index (χ2v) is 8.95. The molecule has 2 fully saturated rings. The first-order chi connectivity index (χ1) is 15.1. The molecular formula is C25H27FN4S. The Kier molecular flexibility index (Phi) is 5.48. The molecule has 2 aliphatic rings. The lowest BCUT2D eigenvalue weighted by atomic mass is 9.94. The lowest BCUT2D eigenvalue weighted by Crippen LogP contribution is -2.31. The molecule has 1 aromatic carbocycles. The number of hydrogen-bond donors (Lipinski definition) is 1. The van der Waals surface area contributed by atoms with Gasteiger partial charge in [-0.3, -0.25) is 4.98 Å². The van der Waals surface area contributed by atoms with Crippen molar-refractivity contribution < 1.29 is 4.39 Å². The average Bonchev–Trinajstić information content (AvgIpc) is 3.41. The smallest absolute Gasteiger partial charge is 0.174 e. The Labute approximate surface area is 188 Å². The summed E-state index contributed by atoms with van der Waals surface area (Å²) in [4.78, 5) is 6.77. The second-order valence-electron chi connectivity index (χ2n) is 8.56. The number of aryl methyl sites for hydroxylation is 1. The molecule has 5 rings (SSSR count). The fourth-order valence-electron chi connectivity index (χ4n) is 5.06. The fourth-order valence-corrected chi connectivity index (χ4v) is 5.41. The molecule has 160 valence electrons. The highest BCUT2D eigenvalue weighted by molar-refractivity contribution is 7.80. The number of benzene rings is 1. The van der Waals surface area contributed by atoms with Gasteiger partial charge in [0.15, 0.2) is 5.11 Å². The van der Waals surface area contributed by atoms with Crippen LogP contribution in [0.25, 0.3) is 0 Å². The molecule has 1 aliphatic carbocycles. The molecule has 2 aromatic heterocycles. The maximum absolute atomic E-state index is 14.0. The Bertz CT molecular complexity index is 1070. The number of anilines is 1. The maximum Gasteiger partial charge on any atom is 0.174 e. The maximum atomic E-state index is 14.0. The van der Waals surface area contributed by atoms with E-state index in [-0.39, 0.29) is 17.9 Å². The van der Waals surface area contributed by atoms with Gasteiger partial charge in [0.1, 0.15) is 11.9 Å². The topological polar surface area (TPSA) is 33.1 Å². The quantitative estimate of drug-likeness (QED) is 0.510. The van der Waals surface area contributed by atoms with Gasteiger partial charge in [0.05, 0.1) is 11.7 Å². The minimum Gasteiger partial charge on any atom is -0.351 e. The zero-order chi connectivity index (χ0) is 21.4. The molecule has 1 N–H and O–H groups in total. The van der Waals surface area contributed by atoms with Crippen molar-refractivity contribution in [3.8, 4) is 0 Å². The van der Waals surface area contributed by atoms with Gasteiger partial charge in [-0.15, -0.1) is 0 Å². The van der Waals surface area contributed by atoms with Gasteiger partial charge in [-0.05, 0) is 80.0 Å². The summed E-state index contributed by atoms with van der Waals surface area (Å²) >= 11 is 5.81. The Hall–Kier alpha value is -2.73. The molecule has 4 nitrogen and oxygen atoms in total. The molecule has 1 saturated carbocycles. The van der Waals surface area contributed by atoms with Crippen molar-refractivity contribution in [2.24, 2.45) is 0 Å². The number of rotatable bonds is 4. The standard InChI is InChI=1S/C25H27FN4S/c1-17-16-19(12-13-20(17)26)30-24(23(28-25(30)31)21-10-5-6-14-27-21)22-11-7-15-29(22)18-8-3-2-4-9-18/h5-7,10-16,18,23-24H,2-4,8-9H2,1H3,(H,28,31)/t23-,24-/m1/s1. The highest BCUT2D eigenvalue weighted by Crippen LogP contribution is 2.43. The molecule has 0 unspecified atom stereocenters.